The Kier molecular flexibility index (Phi) is 7.76. The Morgan fingerprint density at radius 3 is 2.33 bits per heavy atom. The van der Waals surface area contributed by atoms with E-state index in [1.807, 2.05) is 0 Å². The van der Waals surface area contributed by atoms with Crippen molar-refractivity contribution in [2.75, 3.05) is 0 Å². The molecule has 2 nitrogen and oxygen atoms in total. The Morgan fingerprint density at radius 1 is 1.25 bits per heavy atom. The van der Waals surface area contributed by atoms with Crippen LogP contribution in [-0.2, 0) is 4.79 Å². The highest BCUT2D eigenvalue weighted by molar-refractivity contribution is 5.73. The van der Waals surface area contributed by atoms with Crippen molar-refractivity contribution >= 4 is 5.91 Å². The van der Waals surface area contributed by atoms with Crippen LogP contribution in [0.5, 0.6) is 0 Å². The van der Waals surface area contributed by atoms with Crippen molar-refractivity contribution in [3.8, 4) is 0 Å². The summed E-state index contributed by atoms with van der Waals surface area (Å²) in [4.78, 5) is 10.3. The van der Waals surface area contributed by atoms with Crippen LogP contribution in [0, 0.1) is 0 Å². The molecule has 0 saturated heterocycles. The molecule has 0 aromatic rings. The normalized spacial score (nSPS) is 10.8. The first-order valence-corrected chi connectivity index (χ1v) is 4.70. The van der Waals surface area contributed by atoms with Crippen LogP contribution in [0.25, 0.3) is 0 Å². The van der Waals surface area contributed by atoms with Crippen molar-refractivity contribution < 1.29 is 4.79 Å². The lowest BCUT2D eigenvalue weighted by Crippen LogP contribution is -2.09. The highest BCUT2D eigenvalue weighted by Crippen LogP contribution is 1.99. The molecule has 0 aliphatic carbocycles. The predicted molar refractivity (Wildman–Crippen MR) is 51.7 cm³/mol. The van der Waals surface area contributed by atoms with Crippen molar-refractivity contribution in [2.45, 2.75) is 45.4 Å². The summed E-state index contributed by atoms with van der Waals surface area (Å²) in [6.07, 6.45) is 10.4. The maximum absolute atomic E-state index is 10.3. The summed E-state index contributed by atoms with van der Waals surface area (Å²) < 4.78 is 0. The minimum Gasteiger partial charge on any atom is -0.370 e. The zero-order valence-corrected chi connectivity index (χ0v) is 7.88. The largest absolute Gasteiger partial charge is 0.370 e. The number of hydrogen-bond donors (Lipinski definition) is 1. The monoisotopic (exact) mass is 169 g/mol. The third-order valence-electron chi connectivity index (χ3n) is 1.68. The molecular formula is C10H19NO. The molecule has 0 aliphatic heterocycles. The van der Waals surface area contributed by atoms with Gasteiger partial charge in [0, 0.05) is 6.42 Å². The second kappa shape index (κ2) is 8.31. The van der Waals surface area contributed by atoms with Gasteiger partial charge in [0.15, 0.2) is 0 Å². The molecule has 0 rings (SSSR count). The van der Waals surface area contributed by atoms with E-state index in [0.29, 0.717) is 6.42 Å². The van der Waals surface area contributed by atoms with E-state index >= 15 is 0 Å². The van der Waals surface area contributed by atoms with Gasteiger partial charge in [-0.1, -0.05) is 31.9 Å². The summed E-state index contributed by atoms with van der Waals surface area (Å²) in [6.45, 7) is 2.18. The lowest BCUT2D eigenvalue weighted by Gasteiger charge is -1.91. The van der Waals surface area contributed by atoms with Crippen LogP contribution in [0.4, 0.5) is 0 Å². The molecule has 12 heavy (non-hydrogen) atoms. The predicted octanol–water partition coefficient (Wildman–Crippen LogP) is 2.39. The fourth-order valence-corrected chi connectivity index (χ4v) is 0.952. The van der Waals surface area contributed by atoms with E-state index in [1.54, 1.807) is 0 Å². The molecule has 2 N–H and O–H groups in total. The van der Waals surface area contributed by atoms with Crippen molar-refractivity contribution in [3.05, 3.63) is 12.2 Å². The Hall–Kier alpha value is -0.790. The van der Waals surface area contributed by atoms with Gasteiger partial charge < -0.3 is 5.73 Å². The first-order chi connectivity index (χ1) is 5.77. The summed E-state index contributed by atoms with van der Waals surface area (Å²) in [7, 11) is 0. The SMILES string of the molecule is CCCCC=CCCCC(N)=O. The first-order valence-electron chi connectivity index (χ1n) is 4.70. The van der Waals surface area contributed by atoms with Crippen molar-refractivity contribution in [1.82, 2.24) is 0 Å². The number of carbonyl (C=O) groups excluding carboxylic acids is 1. The summed E-state index contributed by atoms with van der Waals surface area (Å²) in [6, 6.07) is 0. The molecule has 2 heteroatoms. The Bertz CT molecular complexity index is 141. The highest BCUT2D eigenvalue weighted by atomic mass is 16.1. The van der Waals surface area contributed by atoms with Crippen LogP contribution in [0.1, 0.15) is 45.4 Å². The number of unbranched alkanes of at least 4 members (excludes halogenated alkanes) is 3. The van der Waals surface area contributed by atoms with Crippen LogP contribution in [0.15, 0.2) is 12.2 Å². The molecule has 0 aromatic carbocycles. The summed E-state index contributed by atoms with van der Waals surface area (Å²) >= 11 is 0. The molecule has 1 amide bonds. The van der Waals surface area contributed by atoms with Gasteiger partial charge in [-0.3, -0.25) is 4.79 Å². The lowest BCUT2D eigenvalue weighted by atomic mass is 10.2. The number of rotatable bonds is 7. The Labute approximate surface area is 74.8 Å². The van der Waals surface area contributed by atoms with Gasteiger partial charge in [-0.05, 0) is 19.3 Å². The first kappa shape index (κ1) is 11.2. The third kappa shape index (κ3) is 9.21. The standard InChI is InChI=1S/C10H19NO/c1-2-3-4-5-6-7-8-9-10(11)12/h5-6H,2-4,7-9H2,1H3,(H2,11,12). The Morgan fingerprint density at radius 2 is 1.83 bits per heavy atom. The van der Waals surface area contributed by atoms with Gasteiger partial charge in [-0.2, -0.15) is 0 Å². The zero-order chi connectivity index (χ0) is 9.23. The molecule has 0 unspecified atom stereocenters. The van der Waals surface area contributed by atoms with E-state index in [0.717, 1.165) is 19.3 Å². The quantitative estimate of drug-likeness (QED) is 0.461. The number of amides is 1. The van der Waals surface area contributed by atoms with Gasteiger partial charge in [-0.15, -0.1) is 0 Å². The molecule has 0 saturated carbocycles. The van der Waals surface area contributed by atoms with Gasteiger partial charge in [-0.25, -0.2) is 0 Å². The van der Waals surface area contributed by atoms with Crippen molar-refractivity contribution in [2.24, 2.45) is 5.73 Å². The summed E-state index contributed by atoms with van der Waals surface area (Å²) in [5.74, 6) is -0.197. The van der Waals surface area contributed by atoms with Crippen molar-refractivity contribution in [1.29, 1.82) is 0 Å². The molecule has 0 aliphatic rings. The minimum absolute atomic E-state index is 0.197. The molecule has 0 aromatic heterocycles. The minimum atomic E-state index is -0.197. The highest BCUT2D eigenvalue weighted by Gasteiger charge is 1.90. The topological polar surface area (TPSA) is 43.1 Å². The van der Waals surface area contributed by atoms with Gasteiger partial charge in [0.05, 0.1) is 0 Å². The number of allylic oxidation sites excluding steroid dienone is 2. The molecule has 0 fully saturated rings. The number of primary amides is 1. The lowest BCUT2D eigenvalue weighted by molar-refractivity contribution is -0.118. The molecule has 0 bridgehead atoms. The van der Waals surface area contributed by atoms with E-state index in [9.17, 15) is 4.79 Å². The van der Waals surface area contributed by atoms with E-state index in [2.05, 4.69) is 19.1 Å². The van der Waals surface area contributed by atoms with Gasteiger partial charge >= 0.3 is 0 Å². The maximum Gasteiger partial charge on any atom is 0.217 e. The smallest absolute Gasteiger partial charge is 0.217 e. The van der Waals surface area contributed by atoms with E-state index in [-0.39, 0.29) is 5.91 Å². The van der Waals surface area contributed by atoms with E-state index in [4.69, 9.17) is 5.73 Å². The fourth-order valence-electron chi connectivity index (χ4n) is 0.952. The summed E-state index contributed by atoms with van der Waals surface area (Å²) in [5.41, 5.74) is 4.99. The molecular weight excluding hydrogens is 150 g/mol. The fraction of sp³-hybridized carbons (Fsp3) is 0.700. The van der Waals surface area contributed by atoms with E-state index in [1.165, 1.54) is 12.8 Å². The van der Waals surface area contributed by atoms with Gasteiger partial charge in [0.2, 0.25) is 5.91 Å². The third-order valence-corrected chi connectivity index (χ3v) is 1.68. The number of hydrogen-bond acceptors (Lipinski definition) is 1. The molecule has 0 atom stereocenters. The van der Waals surface area contributed by atoms with Gasteiger partial charge in [0.1, 0.15) is 0 Å². The van der Waals surface area contributed by atoms with Crippen LogP contribution in [-0.4, -0.2) is 5.91 Å². The number of carbonyl (C=O) groups is 1. The second-order valence-electron chi connectivity index (χ2n) is 2.97. The van der Waals surface area contributed by atoms with Crippen LogP contribution >= 0.6 is 0 Å². The molecule has 0 heterocycles. The van der Waals surface area contributed by atoms with Crippen molar-refractivity contribution in [3.63, 3.8) is 0 Å². The Balaban J connectivity index is 3.08. The van der Waals surface area contributed by atoms with Gasteiger partial charge in [0.25, 0.3) is 0 Å². The average Bonchev–Trinajstić information content (AvgIpc) is 2.02. The molecule has 70 valence electrons. The molecule has 0 spiro atoms. The van der Waals surface area contributed by atoms with Crippen LogP contribution < -0.4 is 5.73 Å². The number of nitrogens with two attached hydrogens (primary N) is 1. The second-order valence-corrected chi connectivity index (χ2v) is 2.97. The zero-order valence-electron chi connectivity index (χ0n) is 7.88. The van der Waals surface area contributed by atoms with E-state index < -0.39 is 0 Å². The maximum atomic E-state index is 10.3. The van der Waals surface area contributed by atoms with Crippen LogP contribution in [0.3, 0.4) is 0 Å². The average molecular weight is 169 g/mol. The summed E-state index contributed by atoms with van der Waals surface area (Å²) in [5, 5.41) is 0. The van der Waals surface area contributed by atoms with Crippen LogP contribution in [0.2, 0.25) is 0 Å². The molecule has 0 radical (unpaired) electrons.